The molecule has 2 heterocycles. The normalized spacial score (nSPS) is 12.2. The van der Waals surface area contributed by atoms with Gasteiger partial charge in [0.05, 0.1) is 12.0 Å². The Morgan fingerprint density at radius 2 is 2.19 bits per heavy atom. The van der Waals surface area contributed by atoms with Crippen LogP contribution in [0.15, 0.2) is 28.4 Å². The molecule has 0 unspecified atom stereocenters. The molecule has 1 N–H and O–H groups in total. The van der Waals surface area contributed by atoms with Crippen LogP contribution in [0.3, 0.4) is 0 Å². The lowest BCUT2D eigenvalue weighted by Crippen LogP contribution is -2.33. The van der Waals surface area contributed by atoms with Crippen LogP contribution in [0.25, 0.3) is 10.6 Å². The third-order valence-corrected chi connectivity index (χ3v) is 3.98. The number of hydrogen-bond donors (Lipinski definition) is 1. The quantitative estimate of drug-likeness (QED) is 0.848. The van der Waals surface area contributed by atoms with Crippen LogP contribution in [0.1, 0.15) is 32.9 Å². The maximum Gasteiger partial charge on any atom is 0.126 e. The minimum atomic E-state index is 0.234. The summed E-state index contributed by atoms with van der Waals surface area (Å²) in [6.07, 6.45) is 4.19. The van der Waals surface area contributed by atoms with Gasteiger partial charge < -0.3 is 9.52 Å². The highest BCUT2D eigenvalue weighted by atomic mass is 32.1. The van der Waals surface area contributed by atoms with Crippen molar-refractivity contribution < 1.29 is 9.52 Å². The van der Waals surface area contributed by atoms with Gasteiger partial charge in [0.1, 0.15) is 11.3 Å². The lowest BCUT2D eigenvalue weighted by molar-refractivity contribution is 0.165. The van der Waals surface area contributed by atoms with Crippen LogP contribution in [-0.4, -0.2) is 34.7 Å². The fraction of sp³-hybridized carbons (Fsp3) is 0.562. The zero-order chi connectivity index (χ0) is 15.3. The van der Waals surface area contributed by atoms with Gasteiger partial charge in [-0.05, 0) is 17.9 Å². The molecule has 0 saturated heterocycles. The van der Waals surface area contributed by atoms with Crippen molar-refractivity contribution in [3.8, 4) is 10.6 Å². The summed E-state index contributed by atoms with van der Waals surface area (Å²) in [7, 11) is 0. The maximum atomic E-state index is 9.06. The number of aromatic nitrogens is 1. The first-order valence-electron chi connectivity index (χ1n) is 7.28. The SMILES string of the molecule is CC(C)(C)CN(CCCO)Cc1csc(-c2ccoc2)n1. The van der Waals surface area contributed by atoms with E-state index in [0.717, 1.165) is 42.3 Å². The van der Waals surface area contributed by atoms with E-state index in [-0.39, 0.29) is 12.0 Å². The van der Waals surface area contributed by atoms with Crippen molar-refractivity contribution in [3.63, 3.8) is 0 Å². The summed E-state index contributed by atoms with van der Waals surface area (Å²) < 4.78 is 5.11. The number of aliphatic hydroxyl groups is 1. The summed E-state index contributed by atoms with van der Waals surface area (Å²) in [6, 6.07) is 1.93. The molecule has 0 atom stereocenters. The van der Waals surface area contributed by atoms with E-state index < -0.39 is 0 Å². The van der Waals surface area contributed by atoms with Gasteiger partial charge in [-0.1, -0.05) is 20.8 Å². The largest absolute Gasteiger partial charge is 0.472 e. The van der Waals surface area contributed by atoms with Crippen LogP contribution in [0.4, 0.5) is 0 Å². The number of thiazole rings is 1. The van der Waals surface area contributed by atoms with Gasteiger partial charge in [0.15, 0.2) is 0 Å². The standard InChI is InChI=1S/C16H24N2O2S/c1-16(2,3)12-18(6-4-7-19)9-14-11-21-15(17-14)13-5-8-20-10-13/h5,8,10-11,19H,4,6-7,9,12H2,1-3H3. The van der Waals surface area contributed by atoms with Crippen molar-refractivity contribution in [3.05, 3.63) is 29.7 Å². The van der Waals surface area contributed by atoms with E-state index in [9.17, 15) is 0 Å². The first kappa shape index (κ1) is 16.2. The zero-order valence-electron chi connectivity index (χ0n) is 13.0. The molecule has 2 aromatic heterocycles. The monoisotopic (exact) mass is 308 g/mol. The van der Waals surface area contributed by atoms with Gasteiger partial charge >= 0.3 is 0 Å². The Kier molecular flexibility index (Phi) is 5.56. The molecule has 0 aromatic carbocycles. The molecule has 0 fully saturated rings. The molecular weight excluding hydrogens is 284 g/mol. The summed E-state index contributed by atoms with van der Waals surface area (Å²) in [5.74, 6) is 0. The summed E-state index contributed by atoms with van der Waals surface area (Å²) in [6.45, 7) is 9.65. The van der Waals surface area contributed by atoms with Crippen molar-refractivity contribution in [1.29, 1.82) is 0 Å². The van der Waals surface area contributed by atoms with Gasteiger partial charge in [0.2, 0.25) is 0 Å². The highest BCUT2D eigenvalue weighted by Crippen LogP contribution is 2.25. The highest BCUT2D eigenvalue weighted by Gasteiger charge is 2.17. The third-order valence-electron chi connectivity index (χ3n) is 3.04. The Bertz CT molecular complexity index is 529. The van der Waals surface area contributed by atoms with Crippen molar-refractivity contribution in [2.45, 2.75) is 33.7 Å². The molecule has 5 heteroatoms. The first-order chi connectivity index (χ1) is 9.98. The highest BCUT2D eigenvalue weighted by molar-refractivity contribution is 7.13. The minimum Gasteiger partial charge on any atom is -0.472 e. The third kappa shape index (κ3) is 5.26. The summed E-state index contributed by atoms with van der Waals surface area (Å²) >= 11 is 1.64. The van der Waals surface area contributed by atoms with E-state index in [1.807, 2.05) is 6.07 Å². The van der Waals surface area contributed by atoms with Gasteiger partial charge in [0, 0.05) is 37.2 Å². The van der Waals surface area contributed by atoms with E-state index >= 15 is 0 Å². The molecule has 21 heavy (non-hydrogen) atoms. The van der Waals surface area contributed by atoms with E-state index in [1.165, 1.54) is 0 Å². The molecule has 0 aliphatic carbocycles. The van der Waals surface area contributed by atoms with Gasteiger partial charge in [-0.15, -0.1) is 11.3 Å². The van der Waals surface area contributed by atoms with Crippen LogP contribution in [0.2, 0.25) is 0 Å². The lowest BCUT2D eigenvalue weighted by Gasteiger charge is -2.29. The predicted octanol–water partition coefficient (Wildman–Crippen LogP) is 3.63. The second-order valence-electron chi connectivity index (χ2n) is 6.50. The molecule has 0 spiro atoms. The zero-order valence-corrected chi connectivity index (χ0v) is 13.8. The van der Waals surface area contributed by atoms with Gasteiger partial charge in [-0.2, -0.15) is 0 Å². The van der Waals surface area contributed by atoms with Crippen LogP contribution >= 0.6 is 11.3 Å². The van der Waals surface area contributed by atoms with Gasteiger partial charge in [-0.3, -0.25) is 4.90 Å². The Labute approximate surface area is 130 Å². The van der Waals surface area contributed by atoms with Crippen molar-refractivity contribution >= 4 is 11.3 Å². The van der Waals surface area contributed by atoms with Crippen molar-refractivity contribution in [1.82, 2.24) is 9.88 Å². The predicted molar refractivity (Wildman–Crippen MR) is 86.3 cm³/mol. The first-order valence-corrected chi connectivity index (χ1v) is 8.16. The van der Waals surface area contributed by atoms with E-state index in [2.05, 4.69) is 36.0 Å². The molecule has 2 aromatic rings. The average molecular weight is 308 g/mol. The Hall–Kier alpha value is -1.17. The molecule has 0 saturated carbocycles. The van der Waals surface area contributed by atoms with Gasteiger partial charge in [0.25, 0.3) is 0 Å². The molecule has 0 amide bonds. The Balaban J connectivity index is 2.02. The smallest absolute Gasteiger partial charge is 0.126 e. The second-order valence-corrected chi connectivity index (χ2v) is 7.36. The van der Waals surface area contributed by atoms with Crippen LogP contribution < -0.4 is 0 Å². The van der Waals surface area contributed by atoms with E-state index in [1.54, 1.807) is 23.9 Å². The van der Waals surface area contributed by atoms with Gasteiger partial charge in [-0.25, -0.2) is 4.98 Å². The maximum absolute atomic E-state index is 9.06. The molecule has 0 radical (unpaired) electrons. The average Bonchev–Trinajstić information content (AvgIpc) is 3.04. The molecule has 0 bridgehead atoms. The minimum absolute atomic E-state index is 0.234. The molecule has 116 valence electrons. The summed E-state index contributed by atoms with van der Waals surface area (Å²) in [5.41, 5.74) is 2.35. The number of nitrogens with zero attached hydrogens (tertiary/aromatic N) is 2. The molecule has 0 aliphatic rings. The van der Waals surface area contributed by atoms with Crippen LogP contribution in [0.5, 0.6) is 0 Å². The number of furan rings is 1. The fourth-order valence-electron chi connectivity index (χ4n) is 2.31. The van der Waals surface area contributed by atoms with Crippen LogP contribution in [-0.2, 0) is 6.54 Å². The number of rotatable bonds is 7. The fourth-order valence-corrected chi connectivity index (χ4v) is 3.10. The van der Waals surface area contributed by atoms with E-state index in [0.29, 0.717) is 0 Å². The topological polar surface area (TPSA) is 49.5 Å². The summed E-state index contributed by atoms with van der Waals surface area (Å²) in [4.78, 5) is 7.05. The van der Waals surface area contributed by atoms with Crippen molar-refractivity contribution in [2.24, 2.45) is 5.41 Å². The van der Waals surface area contributed by atoms with E-state index in [4.69, 9.17) is 9.52 Å². The number of aliphatic hydroxyl groups excluding tert-OH is 1. The lowest BCUT2D eigenvalue weighted by atomic mass is 9.96. The van der Waals surface area contributed by atoms with Crippen LogP contribution in [0, 0.1) is 5.41 Å². The molecule has 2 rings (SSSR count). The van der Waals surface area contributed by atoms with Crippen molar-refractivity contribution in [2.75, 3.05) is 19.7 Å². The molecular formula is C16H24N2O2S. The second kappa shape index (κ2) is 7.20. The molecule has 0 aliphatic heterocycles. The Morgan fingerprint density at radius 1 is 1.38 bits per heavy atom. The number of hydrogen-bond acceptors (Lipinski definition) is 5. The summed E-state index contributed by atoms with van der Waals surface area (Å²) in [5, 5.41) is 12.2. The Morgan fingerprint density at radius 3 is 2.81 bits per heavy atom. The molecule has 4 nitrogen and oxygen atoms in total.